The molecule has 1 atom stereocenters. The second-order valence-corrected chi connectivity index (χ2v) is 5.07. The van der Waals surface area contributed by atoms with Gasteiger partial charge in [-0.1, -0.05) is 24.4 Å². The molecular formula is C13H17FN2S. The quantitative estimate of drug-likeness (QED) is 0.838. The minimum absolute atomic E-state index is 0.214. The fourth-order valence-corrected chi connectivity index (χ4v) is 2.40. The summed E-state index contributed by atoms with van der Waals surface area (Å²) >= 11 is 4.83. The standard InChI is InChI=1S/C13H17FN2S/c1-9-3-2-6-16(9)8-11-5-4-10(13(15)17)7-12(11)14/h4-5,7,9H,2-3,6,8H2,1H3,(H2,15,17). The highest BCUT2D eigenvalue weighted by atomic mass is 32.1. The van der Waals surface area contributed by atoms with E-state index in [-0.39, 0.29) is 10.8 Å². The van der Waals surface area contributed by atoms with Crippen LogP contribution in [0.5, 0.6) is 0 Å². The first-order valence-electron chi connectivity index (χ1n) is 5.90. The molecular weight excluding hydrogens is 235 g/mol. The molecule has 92 valence electrons. The lowest BCUT2D eigenvalue weighted by Gasteiger charge is -2.21. The summed E-state index contributed by atoms with van der Waals surface area (Å²) in [5, 5.41) is 0. The fraction of sp³-hybridized carbons (Fsp3) is 0.462. The van der Waals surface area contributed by atoms with Gasteiger partial charge in [-0.15, -0.1) is 0 Å². The van der Waals surface area contributed by atoms with Crippen LogP contribution in [0.1, 0.15) is 30.9 Å². The van der Waals surface area contributed by atoms with E-state index in [1.54, 1.807) is 12.1 Å². The molecule has 2 rings (SSSR count). The van der Waals surface area contributed by atoms with E-state index in [1.165, 1.54) is 18.9 Å². The first kappa shape index (κ1) is 12.5. The molecule has 0 radical (unpaired) electrons. The normalized spacial score (nSPS) is 20.7. The Kier molecular flexibility index (Phi) is 3.74. The summed E-state index contributed by atoms with van der Waals surface area (Å²) in [6.07, 6.45) is 2.40. The fourth-order valence-electron chi connectivity index (χ4n) is 2.28. The minimum Gasteiger partial charge on any atom is -0.389 e. The molecule has 0 amide bonds. The zero-order valence-corrected chi connectivity index (χ0v) is 10.8. The Bertz CT molecular complexity index is 433. The van der Waals surface area contributed by atoms with Gasteiger partial charge < -0.3 is 5.73 Å². The van der Waals surface area contributed by atoms with Gasteiger partial charge in [0.15, 0.2) is 0 Å². The maximum atomic E-state index is 13.8. The molecule has 0 spiro atoms. The van der Waals surface area contributed by atoms with Crippen molar-refractivity contribution in [2.75, 3.05) is 6.54 Å². The second-order valence-electron chi connectivity index (χ2n) is 4.63. The molecule has 0 saturated carbocycles. The highest BCUT2D eigenvalue weighted by Gasteiger charge is 2.21. The third-order valence-electron chi connectivity index (χ3n) is 3.40. The molecule has 1 aromatic rings. The first-order chi connectivity index (χ1) is 8.08. The maximum absolute atomic E-state index is 13.8. The van der Waals surface area contributed by atoms with Crippen molar-refractivity contribution in [3.05, 3.63) is 35.1 Å². The Labute approximate surface area is 107 Å². The number of hydrogen-bond donors (Lipinski definition) is 1. The molecule has 1 saturated heterocycles. The average Bonchev–Trinajstić information content (AvgIpc) is 2.67. The summed E-state index contributed by atoms with van der Waals surface area (Å²) in [4.78, 5) is 2.55. The van der Waals surface area contributed by atoms with Crippen LogP contribution >= 0.6 is 12.2 Å². The molecule has 0 bridgehead atoms. The SMILES string of the molecule is CC1CCCN1Cc1ccc(C(N)=S)cc1F. The van der Waals surface area contributed by atoms with Crippen LogP contribution in [0.2, 0.25) is 0 Å². The molecule has 0 aliphatic carbocycles. The van der Waals surface area contributed by atoms with Gasteiger partial charge in [-0.3, -0.25) is 4.90 Å². The van der Waals surface area contributed by atoms with Crippen molar-refractivity contribution in [3.63, 3.8) is 0 Å². The van der Waals surface area contributed by atoms with E-state index >= 15 is 0 Å². The van der Waals surface area contributed by atoms with Gasteiger partial charge in [-0.2, -0.15) is 0 Å². The van der Waals surface area contributed by atoms with Gasteiger partial charge in [0.1, 0.15) is 10.8 Å². The Hall–Kier alpha value is -1.00. The van der Waals surface area contributed by atoms with Crippen molar-refractivity contribution in [1.82, 2.24) is 4.90 Å². The Morgan fingerprint density at radius 2 is 2.35 bits per heavy atom. The van der Waals surface area contributed by atoms with Gasteiger partial charge in [0, 0.05) is 23.7 Å². The molecule has 17 heavy (non-hydrogen) atoms. The number of likely N-dealkylation sites (tertiary alicyclic amines) is 1. The Morgan fingerprint density at radius 3 is 2.88 bits per heavy atom. The average molecular weight is 252 g/mol. The molecule has 1 heterocycles. The molecule has 1 aromatic carbocycles. The van der Waals surface area contributed by atoms with E-state index in [1.807, 2.05) is 0 Å². The highest BCUT2D eigenvalue weighted by molar-refractivity contribution is 7.80. The third kappa shape index (κ3) is 2.82. The van der Waals surface area contributed by atoms with Crippen molar-refractivity contribution in [2.24, 2.45) is 5.73 Å². The van der Waals surface area contributed by atoms with Crippen LogP contribution in [-0.4, -0.2) is 22.5 Å². The van der Waals surface area contributed by atoms with E-state index in [4.69, 9.17) is 18.0 Å². The topological polar surface area (TPSA) is 29.3 Å². The summed E-state index contributed by atoms with van der Waals surface area (Å²) in [5.74, 6) is -0.214. The van der Waals surface area contributed by atoms with Crippen LogP contribution in [-0.2, 0) is 6.54 Å². The summed E-state index contributed by atoms with van der Waals surface area (Å²) in [6.45, 7) is 3.91. The number of thiocarbonyl (C=S) groups is 1. The zero-order chi connectivity index (χ0) is 12.4. The van der Waals surface area contributed by atoms with E-state index in [0.29, 0.717) is 18.2 Å². The van der Waals surface area contributed by atoms with Crippen LogP contribution in [0.25, 0.3) is 0 Å². The third-order valence-corrected chi connectivity index (χ3v) is 3.64. The second kappa shape index (κ2) is 5.10. The number of hydrogen-bond acceptors (Lipinski definition) is 2. The van der Waals surface area contributed by atoms with Crippen molar-refractivity contribution < 1.29 is 4.39 Å². The van der Waals surface area contributed by atoms with Crippen molar-refractivity contribution >= 4 is 17.2 Å². The van der Waals surface area contributed by atoms with Gasteiger partial charge in [0.05, 0.1) is 0 Å². The number of nitrogens with zero attached hydrogens (tertiary/aromatic N) is 1. The van der Waals surface area contributed by atoms with E-state index < -0.39 is 0 Å². The Balaban J connectivity index is 2.14. The molecule has 1 aliphatic rings. The molecule has 1 aliphatic heterocycles. The van der Waals surface area contributed by atoms with Gasteiger partial charge in [-0.05, 0) is 32.4 Å². The Morgan fingerprint density at radius 1 is 1.59 bits per heavy atom. The number of rotatable bonds is 3. The number of nitrogens with two attached hydrogens (primary N) is 1. The summed E-state index contributed by atoms with van der Waals surface area (Å²) in [5.41, 5.74) is 6.79. The van der Waals surface area contributed by atoms with Crippen LogP contribution < -0.4 is 5.73 Å². The molecule has 2 nitrogen and oxygen atoms in total. The maximum Gasteiger partial charge on any atom is 0.128 e. The van der Waals surface area contributed by atoms with Crippen LogP contribution in [0.15, 0.2) is 18.2 Å². The van der Waals surface area contributed by atoms with Crippen LogP contribution in [0, 0.1) is 5.82 Å². The highest BCUT2D eigenvalue weighted by Crippen LogP contribution is 2.21. The van der Waals surface area contributed by atoms with E-state index in [2.05, 4.69) is 11.8 Å². The molecule has 4 heteroatoms. The lowest BCUT2D eigenvalue weighted by Crippen LogP contribution is -2.26. The minimum atomic E-state index is -0.214. The molecule has 0 aromatic heterocycles. The summed E-state index contributed by atoms with van der Waals surface area (Å²) < 4.78 is 13.8. The predicted octanol–water partition coefficient (Wildman–Crippen LogP) is 2.44. The van der Waals surface area contributed by atoms with Crippen molar-refractivity contribution in [1.29, 1.82) is 0 Å². The van der Waals surface area contributed by atoms with Crippen molar-refractivity contribution in [2.45, 2.75) is 32.4 Å². The molecule has 1 fully saturated rings. The van der Waals surface area contributed by atoms with Gasteiger partial charge in [0.2, 0.25) is 0 Å². The van der Waals surface area contributed by atoms with Crippen LogP contribution in [0.4, 0.5) is 4.39 Å². The largest absolute Gasteiger partial charge is 0.389 e. The molecule has 2 N–H and O–H groups in total. The lowest BCUT2D eigenvalue weighted by molar-refractivity contribution is 0.256. The lowest BCUT2D eigenvalue weighted by atomic mass is 10.1. The zero-order valence-electron chi connectivity index (χ0n) is 9.95. The van der Waals surface area contributed by atoms with E-state index in [0.717, 1.165) is 12.1 Å². The summed E-state index contributed by atoms with van der Waals surface area (Å²) in [6, 6.07) is 5.55. The smallest absolute Gasteiger partial charge is 0.128 e. The van der Waals surface area contributed by atoms with E-state index in [9.17, 15) is 4.39 Å². The predicted molar refractivity (Wildman–Crippen MR) is 71.4 cm³/mol. The first-order valence-corrected chi connectivity index (χ1v) is 6.31. The molecule has 1 unspecified atom stereocenters. The number of benzene rings is 1. The van der Waals surface area contributed by atoms with Gasteiger partial charge >= 0.3 is 0 Å². The van der Waals surface area contributed by atoms with Gasteiger partial charge in [0.25, 0.3) is 0 Å². The summed E-state index contributed by atoms with van der Waals surface area (Å²) in [7, 11) is 0. The number of halogens is 1. The monoisotopic (exact) mass is 252 g/mol. The van der Waals surface area contributed by atoms with Gasteiger partial charge in [-0.25, -0.2) is 4.39 Å². The van der Waals surface area contributed by atoms with Crippen LogP contribution in [0.3, 0.4) is 0 Å². The van der Waals surface area contributed by atoms with Crippen molar-refractivity contribution in [3.8, 4) is 0 Å².